The van der Waals surface area contributed by atoms with E-state index in [4.69, 9.17) is 0 Å². The Kier molecular flexibility index (Phi) is 5.97. The summed E-state index contributed by atoms with van der Waals surface area (Å²) in [6, 6.07) is 25.7. The molecule has 0 aliphatic rings. The van der Waals surface area contributed by atoms with Crippen molar-refractivity contribution in [2.45, 2.75) is 25.3 Å². The Labute approximate surface area is 188 Å². The fourth-order valence-corrected chi connectivity index (χ4v) is 4.92. The van der Waals surface area contributed by atoms with Gasteiger partial charge in [-0.3, -0.25) is 9.52 Å². The van der Waals surface area contributed by atoms with Crippen LogP contribution in [0.15, 0.2) is 89.8 Å². The topological polar surface area (TPSA) is 75.3 Å². The van der Waals surface area contributed by atoms with Gasteiger partial charge in [0.1, 0.15) is 0 Å². The Morgan fingerprint density at radius 3 is 2.34 bits per heavy atom. The van der Waals surface area contributed by atoms with Crippen LogP contribution < -0.4 is 10.0 Å². The number of sulfonamides is 1. The third kappa shape index (κ3) is 4.65. The van der Waals surface area contributed by atoms with E-state index in [1.54, 1.807) is 31.2 Å². The molecule has 0 saturated heterocycles. The van der Waals surface area contributed by atoms with Gasteiger partial charge >= 0.3 is 0 Å². The maximum Gasteiger partial charge on any atom is 0.262 e. The SMILES string of the molecule is Cc1ccc(NS(=O)(=O)c2cc(C(=O)NCc3cccc4ccccc34)ccc2C)cc1. The van der Waals surface area contributed by atoms with Gasteiger partial charge in [0.05, 0.1) is 4.90 Å². The first kappa shape index (κ1) is 21.6. The standard InChI is InChI=1S/C26H24N2O3S/c1-18-10-14-23(15-11-18)28-32(30,31)25-16-21(13-12-19(25)2)26(29)27-17-22-8-5-7-20-6-3-4-9-24(20)22/h3-16,28H,17H2,1-2H3,(H,27,29). The Morgan fingerprint density at radius 2 is 1.56 bits per heavy atom. The van der Waals surface area contributed by atoms with Crippen LogP contribution in [0.5, 0.6) is 0 Å². The molecule has 1 amide bonds. The van der Waals surface area contributed by atoms with Crippen molar-refractivity contribution >= 4 is 32.4 Å². The number of aryl methyl sites for hydroxylation is 2. The van der Waals surface area contributed by atoms with Crippen molar-refractivity contribution in [3.05, 3.63) is 107 Å². The number of rotatable bonds is 6. The van der Waals surface area contributed by atoms with Crippen molar-refractivity contribution in [1.29, 1.82) is 0 Å². The lowest BCUT2D eigenvalue weighted by Gasteiger charge is -2.13. The zero-order valence-electron chi connectivity index (χ0n) is 17.9. The van der Waals surface area contributed by atoms with Crippen molar-refractivity contribution in [2.75, 3.05) is 4.72 Å². The lowest BCUT2D eigenvalue weighted by atomic mass is 10.0. The largest absolute Gasteiger partial charge is 0.348 e. The summed E-state index contributed by atoms with van der Waals surface area (Å²) in [7, 11) is -3.84. The summed E-state index contributed by atoms with van der Waals surface area (Å²) >= 11 is 0. The Morgan fingerprint density at radius 1 is 0.844 bits per heavy atom. The molecule has 0 heterocycles. The first-order valence-corrected chi connectivity index (χ1v) is 11.8. The maximum atomic E-state index is 13.0. The van der Waals surface area contributed by atoms with Gasteiger partial charge < -0.3 is 5.32 Å². The van der Waals surface area contributed by atoms with Crippen molar-refractivity contribution in [3.8, 4) is 0 Å². The molecule has 2 N–H and O–H groups in total. The van der Waals surface area contributed by atoms with E-state index in [1.807, 2.05) is 61.5 Å². The van der Waals surface area contributed by atoms with E-state index in [1.165, 1.54) is 6.07 Å². The quantitative estimate of drug-likeness (QED) is 0.430. The van der Waals surface area contributed by atoms with Crippen LogP contribution >= 0.6 is 0 Å². The number of hydrogen-bond acceptors (Lipinski definition) is 3. The fourth-order valence-electron chi connectivity index (χ4n) is 3.59. The van der Waals surface area contributed by atoms with Crippen molar-refractivity contribution in [1.82, 2.24) is 5.32 Å². The highest BCUT2D eigenvalue weighted by Crippen LogP contribution is 2.22. The smallest absolute Gasteiger partial charge is 0.262 e. The van der Waals surface area contributed by atoms with Crippen LogP contribution in [0.4, 0.5) is 5.69 Å². The van der Waals surface area contributed by atoms with Gasteiger partial charge in [0, 0.05) is 17.8 Å². The highest BCUT2D eigenvalue weighted by Gasteiger charge is 2.19. The van der Waals surface area contributed by atoms with Crippen LogP contribution in [-0.4, -0.2) is 14.3 Å². The average Bonchev–Trinajstić information content (AvgIpc) is 2.79. The summed E-state index contributed by atoms with van der Waals surface area (Å²) in [6.07, 6.45) is 0. The number of nitrogens with one attached hydrogen (secondary N) is 2. The van der Waals surface area contributed by atoms with Gasteiger partial charge in [-0.2, -0.15) is 0 Å². The number of carbonyl (C=O) groups excluding carboxylic acids is 1. The minimum absolute atomic E-state index is 0.0795. The van der Waals surface area contributed by atoms with Crippen LogP contribution in [0.2, 0.25) is 0 Å². The van der Waals surface area contributed by atoms with Crippen LogP contribution in [0.3, 0.4) is 0 Å². The third-order valence-electron chi connectivity index (χ3n) is 5.36. The number of anilines is 1. The maximum absolute atomic E-state index is 13.0. The molecule has 0 radical (unpaired) electrons. The highest BCUT2D eigenvalue weighted by molar-refractivity contribution is 7.92. The number of carbonyl (C=O) groups is 1. The molecule has 4 rings (SSSR count). The molecule has 0 spiro atoms. The summed E-state index contributed by atoms with van der Waals surface area (Å²) < 4.78 is 28.5. The fraction of sp³-hybridized carbons (Fsp3) is 0.115. The molecule has 0 unspecified atom stereocenters. The molecule has 4 aromatic carbocycles. The number of amides is 1. The molecular weight excluding hydrogens is 420 g/mol. The first-order chi connectivity index (χ1) is 15.3. The highest BCUT2D eigenvalue weighted by atomic mass is 32.2. The minimum Gasteiger partial charge on any atom is -0.348 e. The average molecular weight is 445 g/mol. The second-order valence-electron chi connectivity index (χ2n) is 7.77. The van der Waals surface area contributed by atoms with Gasteiger partial charge in [0.15, 0.2) is 0 Å². The molecular formula is C26H24N2O3S. The van der Waals surface area contributed by atoms with Crippen LogP contribution in [0.25, 0.3) is 10.8 Å². The van der Waals surface area contributed by atoms with Crippen LogP contribution in [-0.2, 0) is 16.6 Å². The summed E-state index contributed by atoms with van der Waals surface area (Å²) in [5.41, 5.74) is 3.36. The summed E-state index contributed by atoms with van der Waals surface area (Å²) in [4.78, 5) is 12.9. The molecule has 0 atom stereocenters. The van der Waals surface area contributed by atoms with E-state index in [-0.39, 0.29) is 10.8 Å². The van der Waals surface area contributed by atoms with Crippen molar-refractivity contribution in [2.24, 2.45) is 0 Å². The molecule has 0 aliphatic heterocycles. The first-order valence-electron chi connectivity index (χ1n) is 10.3. The molecule has 32 heavy (non-hydrogen) atoms. The molecule has 0 saturated carbocycles. The van der Waals surface area contributed by atoms with E-state index in [2.05, 4.69) is 10.0 Å². The predicted octanol–water partition coefficient (Wildman–Crippen LogP) is 5.19. The molecule has 162 valence electrons. The van der Waals surface area contributed by atoms with E-state index in [0.29, 0.717) is 23.4 Å². The number of hydrogen-bond donors (Lipinski definition) is 2. The van der Waals surface area contributed by atoms with E-state index < -0.39 is 10.0 Å². The molecule has 4 aromatic rings. The molecule has 0 bridgehead atoms. The number of benzene rings is 4. The van der Waals surface area contributed by atoms with E-state index in [0.717, 1.165) is 21.9 Å². The molecule has 6 heteroatoms. The van der Waals surface area contributed by atoms with Crippen LogP contribution in [0.1, 0.15) is 27.0 Å². The second kappa shape index (κ2) is 8.85. The van der Waals surface area contributed by atoms with Gasteiger partial charge in [0.2, 0.25) is 0 Å². The Balaban J connectivity index is 1.55. The van der Waals surface area contributed by atoms with E-state index in [9.17, 15) is 13.2 Å². The van der Waals surface area contributed by atoms with Crippen LogP contribution in [0, 0.1) is 13.8 Å². The second-order valence-corrected chi connectivity index (χ2v) is 9.42. The van der Waals surface area contributed by atoms with Gasteiger partial charge in [-0.15, -0.1) is 0 Å². The summed E-state index contributed by atoms with van der Waals surface area (Å²) in [6.45, 7) is 3.99. The summed E-state index contributed by atoms with van der Waals surface area (Å²) in [5.74, 6) is -0.329. The Hall–Kier alpha value is -3.64. The van der Waals surface area contributed by atoms with Crippen molar-refractivity contribution in [3.63, 3.8) is 0 Å². The third-order valence-corrected chi connectivity index (χ3v) is 6.89. The molecule has 5 nitrogen and oxygen atoms in total. The molecule has 0 aliphatic carbocycles. The minimum atomic E-state index is -3.84. The number of fused-ring (bicyclic) bond motifs is 1. The lowest BCUT2D eigenvalue weighted by Crippen LogP contribution is -2.23. The monoisotopic (exact) mass is 444 g/mol. The molecule has 0 aromatic heterocycles. The van der Waals surface area contributed by atoms with E-state index >= 15 is 0 Å². The van der Waals surface area contributed by atoms with Gasteiger partial charge in [-0.1, -0.05) is 66.2 Å². The normalized spacial score (nSPS) is 11.3. The lowest BCUT2D eigenvalue weighted by molar-refractivity contribution is 0.0951. The summed E-state index contributed by atoms with van der Waals surface area (Å²) in [5, 5.41) is 5.08. The molecule has 0 fully saturated rings. The zero-order chi connectivity index (χ0) is 22.7. The van der Waals surface area contributed by atoms with Gasteiger partial charge in [0.25, 0.3) is 15.9 Å². The van der Waals surface area contributed by atoms with Crippen molar-refractivity contribution < 1.29 is 13.2 Å². The predicted molar refractivity (Wildman–Crippen MR) is 128 cm³/mol. The van der Waals surface area contributed by atoms with Gasteiger partial charge in [-0.25, -0.2) is 8.42 Å². The Bertz CT molecular complexity index is 1390. The van der Waals surface area contributed by atoms with Gasteiger partial charge in [-0.05, 0) is 60.0 Å². The zero-order valence-corrected chi connectivity index (χ0v) is 18.7.